The van der Waals surface area contributed by atoms with E-state index in [4.69, 9.17) is 4.74 Å². The number of rotatable bonds is 4. The standard InChI is InChI=1S/C13H16N2O4S/c1-3-10-15(9(7-20-10)13(17)18)12(16)8-5-4-6-14-11(8)19-2/h4-6,9-10H,3,7H2,1-2H3,(H,17,18). The lowest BCUT2D eigenvalue weighted by molar-refractivity contribution is -0.141. The molecule has 0 aromatic carbocycles. The van der Waals surface area contributed by atoms with Crippen LogP contribution in [0.5, 0.6) is 5.88 Å². The van der Waals surface area contributed by atoms with Crippen molar-refractivity contribution in [1.29, 1.82) is 0 Å². The smallest absolute Gasteiger partial charge is 0.327 e. The number of pyridine rings is 1. The van der Waals surface area contributed by atoms with Gasteiger partial charge in [0.25, 0.3) is 5.91 Å². The van der Waals surface area contributed by atoms with Crippen LogP contribution < -0.4 is 4.74 Å². The Hall–Kier alpha value is -1.76. The molecule has 108 valence electrons. The highest BCUT2D eigenvalue weighted by molar-refractivity contribution is 8.00. The summed E-state index contributed by atoms with van der Waals surface area (Å²) in [5, 5.41) is 9.13. The molecule has 1 N–H and O–H groups in total. The number of hydrogen-bond donors (Lipinski definition) is 1. The van der Waals surface area contributed by atoms with Crippen LogP contribution in [0.4, 0.5) is 0 Å². The van der Waals surface area contributed by atoms with Crippen LogP contribution in [0.15, 0.2) is 18.3 Å². The number of carboxylic acid groups (broad SMARTS) is 1. The summed E-state index contributed by atoms with van der Waals surface area (Å²) < 4.78 is 5.08. The molecule has 1 saturated heterocycles. The SMILES string of the molecule is CCC1SCC(C(=O)O)N1C(=O)c1cccnc1OC. The maximum Gasteiger partial charge on any atom is 0.327 e. The zero-order valence-electron chi connectivity index (χ0n) is 11.3. The summed E-state index contributed by atoms with van der Waals surface area (Å²) in [5.74, 6) is -0.709. The van der Waals surface area contributed by atoms with Gasteiger partial charge in [0.05, 0.1) is 12.5 Å². The minimum atomic E-state index is -0.982. The van der Waals surface area contributed by atoms with E-state index in [0.29, 0.717) is 17.7 Å². The molecule has 1 aliphatic heterocycles. The van der Waals surface area contributed by atoms with Gasteiger partial charge in [0.2, 0.25) is 5.88 Å². The Labute approximate surface area is 121 Å². The highest BCUT2D eigenvalue weighted by Gasteiger charge is 2.41. The van der Waals surface area contributed by atoms with E-state index >= 15 is 0 Å². The van der Waals surface area contributed by atoms with Gasteiger partial charge in [0.15, 0.2) is 0 Å². The number of hydrogen-bond acceptors (Lipinski definition) is 5. The summed E-state index contributed by atoms with van der Waals surface area (Å²) in [6.07, 6.45) is 2.23. The van der Waals surface area contributed by atoms with Crippen molar-refractivity contribution >= 4 is 23.6 Å². The first-order valence-corrected chi connectivity index (χ1v) is 7.31. The molecule has 6 nitrogen and oxygen atoms in total. The van der Waals surface area contributed by atoms with E-state index in [9.17, 15) is 14.7 Å². The number of aromatic nitrogens is 1. The first-order chi connectivity index (χ1) is 9.60. The van der Waals surface area contributed by atoms with Gasteiger partial charge < -0.3 is 14.7 Å². The van der Waals surface area contributed by atoms with E-state index in [0.717, 1.165) is 0 Å². The van der Waals surface area contributed by atoms with Crippen LogP contribution in [-0.2, 0) is 4.79 Å². The van der Waals surface area contributed by atoms with Gasteiger partial charge in [-0.15, -0.1) is 11.8 Å². The molecule has 0 bridgehead atoms. The summed E-state index contributed by atoms with van der Waals surface area (Å²) in [6.45, 7) is 1.93. The Balaban J connectivity index is 2.36. The quantitative estimate of drug-likeness (QED) is 0.906. The second-order valence-electron chi connectivity index (χ2n) is 4.32. The first kappa shape index (κ1) is 14.6. The van der Waals surface area contributed by atoms with Crippen molar-refractivity contribution in [2.24, 2.45) is 0 Å². The summed E-state index contributed by atoms with van der Waals surface area (Å²) in [6, 6.07) is 2.43. The minimum Gasteiger partial charge on any atom is -0.480 e. The monoisotopic (exact) mass is 296 g/mol. The van der Waals surface area contributed by atoms with E-state index in [1.54, 1.807) is 12.1 Å². The van der Waals surface area contributed by atoms with Gasteiger partial charge in [0, 0.05) is 11.9 Å². The summed E-state index contributed by atoms with van der Waals surface area (Å²) in [4.78, 5) is 29.4. The van der Waals surface area contributed by atoms with Crippen molar-refractivity contribution in [1.82, 2.24) is 9.88 Å². The number of ether oxygens (including phenoxy) is 1. The second-order valence-corrected chi connectivity index (χ2v) is 5.53. The van der Waals surface area contributed by atoms with Crippen LogP contribution in [0.1, 0.15) is 23.7 Å². The Morgan fingerprint density at radius 1 is 1.60 bits per heavy atom. The van der Waals surface area contributed by atoms with E-state index in [-0.39, 0.29) is 17.2 Å². The van der Waals surface area contributed by atoms with Crippen LogP contribution in [0.3, 0.4) is 0 Å². The highest BCUT2D eigenvalue weighted by Crippen LogP contribution is 2.33. The molecule has 1 aliphatic rings. The second kappa shape index (κ2) is 6.13. The number of carbonyl (C=O) groups excluding carboxylic acids is 1. The predicted octanol–water partition coefficient (Wildman–Crippen LogP) is 1.47. The first-order valence-electron chi connectivity index (χ1n) is 6.26. The number of methoxy groups -OCH3 is 1. The van der Waals surface area contributed by atoms with E-state index in [1.165, 1.54) is 30.0 Å². The molecule has 2 rings (SSSR count). The molecule has 0 radical (unpaired) electrons. The van der Waals surface area contributed by atoms with Crippen molar-refractivity contribution in [2.45, 2.75) is 24.8 Å². The van der Waals surface area contributed by atoms with Crippen LogP contribution in [0, 0.1) is 0 Å². The fraction of sp³-hybridized carbons (Fsp3) is 0.462. The van der Waals surface area contributed by atoms with Gasteiger partial charge >= 0.3 is 5.97 Å². The summed E-state index contributed by atoms with van der Waals surface area (Å²) >= 11 is 1.49. The minimum absolute atomic E-state index is 0.131. The number of carboxylic acids is 1. The third-order valence-electron chi connectivity index (χ3n) is 3.16. The van der Waals surface area contributed by atoms with Crippen LogP contribution >= 0.6 is 11.8 Å². The Kier molecular flexibility index (Phi) is 4.49. The van der Waals surface area contributed by atoms with Gasteiger partial charge in [-0.3, -0.25) is 4.79 Å². The lowest BCUT2D eigenvalue weighted by atomic mass is 10.2. The van der Waals surface area contributed by atoms with Crippen LogP contribution in [0.2, 0.25) is 0 Å². The maximum absolute atomic E-state index is 12.6. The third-order valence-corrected chi connectivity index (χ3v) is 4.61. The van der Waals surface area contributed by atoms with Crippen molar-refractivity contribution in [2.75, 3.05) is 12.9 Å². The number of thioether (sulfide) groups is 1. The molecular formula is C13H16N2O4S. The van der Waals surface area contributed by atoms with Gasteiger partial charge in [-0.05, 0) is 18.6 Å². The average molecular weight is 296 g/mol. The summed E-state index contributed by atoms with van der Waals surface area (Å²) in [5.41, 5.74) is 0.294. The molecule has 20 heavy (non-hydrogen) atoms. The molecule has 2 heterocycles. The van der Waals surface area contributed by atoms with Gasteiger partial charge in [-0.1, -0.05) is 6.92 Å². The van der Waals surface area contributed by atoms with E-state index < -0.39 is 12.0 Å². The molecule has 1 aromatic heterocycles. The number of aliphatic carboxylic acids is 1. The Morgan fingerprint density at radius 2 is 2.35 bits per heavy atom. The van der Waals surface area contributed by atoms with Crippen LogP contribution in [0.25, 0.3) is 0 Å². The van der Waals surface area contributed by atoms with E-state index in [2.05, 4.69) is 4.98 Å². The molecule has 1 amide bonds. The fourth-order valence-corrected chi connectivity index (χ4v) is 3.54. The lowest BCUT2D eigenvalue weighted by Gasteiger charge is -2.27. The van der Waals surface area contributed by atoms with Crippen molar-refractivity contribution in [3.05, 3.63) is 23.9 Å². The highest BCUT2D eigenvalue weighted by atomic mass is 32.2. The zero-order chi connectivity index (χ0) is 14.7. The Bertz CT molecular complexity index is 523. The summed E-state index contributed by atoms with van der Waals surface area (Å²) in [7, 11) is 1.43. The number of carbonyl (C=O) groups is 2. The molecule has 0 saturated carbocycles. The average Bonchev–Trinajstić information content (AvgIpc) is 2.90. The van der Waals surface area contributed by atoms with Gasteiger partial charge in [-0.25, -0.2) is 9.78 Å². The van der Waals surface area contributed by atoms with E-state index in [1.807, 2.05) is 6.92 Å². The zero-order valence-corrected chi connectivity index (χ0v) is 12.1. The molecule has 1 aromatic rings. The largest absolute Gasteiger partial charge is 0.480 e. The maximum atomic E-state index is 12.6. The molecule has 7 heteroatoms. The van der Waals surface area contributed by atoms with Crippen molar-refractivity contribution in [3.8, 4) is 5.88 Å². The molecule has 1 fully saturated rings. The number of nitrogens with zero attached hydrogens (tertiary/aromatic N) is 2. The van der Waals surface area contributed by atoms with Crippen molar-refractivity contribution in [3.63, 3.8) is 0 Å². The lowest BCUT2D eigenvalue weighted by Crippen LogP contribution is -2.45. The predicted molar refractivity (Wildman–Crippen MR) is 74.9 cm³/mol. The Morgan fingerprint density at radius 3 is 2.95 bits per heavy atom. The molecule has 0 aliphatic carbocycles. The normalized spacial score (nSPS) is 21.8. The molecule has 2 unspecified atom stereocenters. The molecule has 2 atom stereocenters. The van der Waals surface area contributed by atoms with Gasteiger partial charge in [0.1, 0.15) is 11.6 Å². The fourth-order valence-electron chi connectivity index (χ4n) is 2.20. The molecular weight excluding hydrogens is 280 g/mol. The van der Waals surface area contributed by atoms with Crippen molar-refractivity contribution < 1.29 is 19.4 Å². The molecule has 0 spiro atoms. The third kappa shape index (κ3) is 2.58. The topological polar surface area (TPSA) is 79.7 Å². The van der Waals surface area contributed by atoms with Crippen LogP contribution in [-0.4, -0.2) is 51.1 Å². The van der Waals surface area contributed by atoms with Gasteiger partial charge in [-0.2, -0.15) is 0 Å². The number of amides is 1.